The van der Waals surface area contributed by atoms with Crippen molar-refractivity contribution in [1.29, 1.82) is 0 Å². The number of fused-ring (bicyclic) bond motifs is 1. The molecule has 2 aromatic heterocycles. The highest BCUT2D eigenvalue weighted by molar-refractivity contribution is 5.30. The van der Waals surface area contributed by atoms with Crippen LogP contribution in [0.15, 0.2) is 71.6 Å². The summed E-state index contributed by atoms with van der Waals surface area (Å²) in [6.07, 6.45) is 9.64. The van der Waals surface area contributed by atoms with Gasteiger partial charge in [0.25, 0.3) is 11.3 Å². The number of aromatic amines is 1. The van der Waals surface area contributed by atoms with Crippen LogP contribution in [-0.4, -0.2) is 26.2 Å². The minimum Gasteiger partial charge on any atom is -0.493 e. The molecule has 0 atom stereocenters. The molecule has 0 saturated heterocycles. The van der Waals surface area contributed by atoms with Crippen molar-refractivity contribution in [2.24, 2.45) is 0 Å². The van der Waals surface area contributed by atoms with Crippen LogP contribution in [0.25, 0.3) is 5.78 Å². The van der Waals surface area contributed by atoms with Gasteiger partial charge >= 0.3 is 0 Å². The molecule has 3 aromatic rings. The summed E-state index contributed by atoms with van der Waals surface area (Å²) in [6.45, 7) is 8.22. The first-order valence-electron chi connectivity index (χ1n) is 9.73. The topological polar surface area (TPSA) is 72.3 Å². The Morgan fingerprint density at radius 2 is 2.03 bits per heavy atom. The Hall–Kier alpha value is -3.41. The van der Waals surface area contributed by atoms with Crippen LogP contribution < -0.4 is 10.3 Å². The SMILES string of the molecule is C=C/C=C\C=C(/C)Cc1nc2nc(CCOc3ccc(CC)cc3)cc(=O)n2[nH]1. The van der Waals surface area contributed by atoms with Gasteiger partial charge in [-0.15, -0.1) is 0 Å². The van der Waals surface area contributed by atoms with Gasteiger partial charge < -0.3 is 4.74 Å². The van der Waals surface area contributed by atoms with Crippen LogP contribution in [0.5, 0.6) is 5.75 Å². The second-order valence-electron chi connectivity index (χ2n) is 6.80. The van der Waals surface area contributed by atoms with Gasteiger partial charge in [-0.3, -0.25) is 9.89 Å². The van der Waals surface area contributed by atoms with Crippen molar-refractivity contribution in [2.75, 3.05) is 6.61 Å². The van der Waals surface area contributed by atoms with Gasteiger partial charge in [0.15, 0.2) is 0 Å². The van der Waals surface area contributed by atoms with Gasteiger partial charge in [0.05, 0.1) is 12.3 Å². The number of H-pyrrole nitrogens is 1. The fourth-order valence-electron chi connectivity index (χ4n) is 2.89. The molecule has 0 radical (unpaired) electrons. The van der Waals surface area contributed by atoms with Crippen molar-refractivity contribution >= 4 is 5.78 Å². The number of allylic oxidation sites excluding steroid dienone is 5. The third-order valence-corrected chi connectivity index (χ3v) is 4.46. The maximum absolute atomic E-state index is 12.4. The zero-order valence-electron chi connectivity index (χ0n) is 16.9. The van der Waals surface area contributed by atoms with E-state index >= 15 is 0 Å². The van der Waals surface area contributed by atoms with Gasteiger partial charge in [-0.2, -0.15) is 9.50 Å². The van der Waals surface area contributed by atoms with Crippen molar-refractivity contribution in [1.82, 2.24) is 19.6 Å². The van der Waals surface area contributed by atoms with E-state index in [4.69, 9.17) is 4.74 Å². The van der Waals surface area contributed by atoms with Crippen LogP contribution >= 0.6 is 0 Å². The summed E-state index contributed by atoms with van der Waals surface area (Å²) in [5.41, 5.74) is 2.87. The third-order valence-electron chi connectivity index (χ3n) is 4.46. The van der Waals surface area contributed by atoms with E-state index in [0.717, 1.165) is 17.7 Å². The molecule has 150 valence electrons. The Labute approximate surface area is 170 Å². The van der Waals surface area contributed by atoms with Crippen molar-refractivity contribution in [3.63, 3.8) is 0 Å². The molecule has 1 N–H and O–H groups in total. The second kappa shape index (κ2) is 9.68. The average molecular weight is 390 g/mol. The fourth-order valence-corrected chi connectivity index (χ4v) is 2.89. The third kappa shape index (κ3) is 5.54. The molecule has 0 unspecified atom stereocenters. The van der Waals surface area contributed by atoms with Crippen molar-refractivity contribution in [3.05, 3.63) is 94.2 Å². The number of ether oxygens (including phenoxy) is 1. The van der Waals surface area contributed by atoms with E-state index in [2.05, 4.69) is 40.7 Å². The van der Waals surface area contributed by atoms with Gasteiger partial charge in [0.2, 0.25) is 0 Å². The largest absolute Gasteiger partial charge is 0.493 e. The normalized spacial score (nSPS) is 12.0. The standard InChI is InChI=1S/C23H26N4O2/c1-4-6-7-8-17(3)15-21-25-23-24-19(16-22(28)27(23)26-21)13-14-29-20-11-9-18(5-2)10-12-20/h4,6-12,16H,1,5,13-15H2,2-3H3,(H,24,25,26)/b7-6-,17-8+. The summed E-state index contributed by atoms with van der Waals surface area (Å²) in [5.74, 6) is 1.89. The zero-order valence-corrected chi connectivity index (χ0v) is 16.9. The Morgan fingerprint density at radius 1 is 1.24 bits per heavy atom. The number of rotatable bonds is 9. The summed E-state index contributed by atoms with van der Waals surface area (Å²) in [6, 6.07) is 9.56. The number of aromatic nitrogens is 4. The minimum atomic E-state index is -0.177. The van der Waals surface area contributed by atoms with Crippen molar-refractivity contribution in [3.8, 4) is 5.75 Å². The molecule has 1 aromatic carbocycles. The van der Waals surface area contributed by atoms with Crippen LogP contribution in [0, 0.1) is 0 Å². The smallest absolute Gasteiger partial charge is 0.274 e. The summed E-state index contributed by atoms with van der Waals surface area (Å²) in [4.78, 5) is 21.3. The van der Waals surface area contributed by atoms with Crippen LogP contribution in [0.2, 0.25) is 0 Å². The quantitative estimate of drug-likeness (QED) is 0.564. The molecule has 2 heterocycles. The first-order valence-corrected chi connectivity index (χ1v) is 9.73. The fraction of sp³-hybridized carbons (Fsp3) is 0.261. The Morgan fingerprint density at radius 3 is 2.76 bits per heavy atom. The number of hydrogen-bond acceptors (Lipinski definition) is 4. The molecule has 0 spiro atoms. The number of hydrogen-bond donors (Lipinski definition) is 1. The number of aryl methyl sites for hydroxylation is 1. The number of nitrogens with one attached hydrogen (secondary N) is 1. The summed E-state index contributed by atoms with van der Waals surface area (Å²) in [7, 11) is 0. The van der Waals surface area contributed by atoms with E-state index in [1.807, 2.05) is 37.3 Å². The molecule has 0 saturated carbocycles. The van der Waals surface area contributed by atoms with Gasteiger partial charge in [-0.05, 0) is 31.0 Å². The van der Waals surface area contributed by atoms with Crippen molar-refractivity contribution < 1.29 is 4.74 Å². The first kappa shape index (κ1) is 20.3. The maximum atomic E-state index is 12.4. The molecule has 0 aliphatic heterocycles. The van der Waals surface area contributed by atoms with Gasteiger partial charge in [-0.1, -0.05) is 55.5 Å². The van der Waals surface area contributed by atoms with Crippen LogP contribution in [-0.2, 0) is 19.3 Å². The highest BCUT2D eigenvalue weighted by atomic mass is 16.5. The molecular formula is C23H26N4O2. The second-order valence-corrected chi connectivity index (χ2v) is 6.80. The average Bonchev–Trinajstić information content (AvgIpc) is 3.11. The van der Waals surface area contributed by atoms with E-state index in [0.29, 0.717) is 36.7 Å². The van der Waals surface area contributed by atoms with E-state index < -0.39 is 0 Å². The molecule has 6 heteroatoms. The predicted molar refractivity (Wildman–Crippen MR) is 115 cm³/mol. The molecule has 3 rings (SSSR count). The first-order chi connectivity index (χ1) is 14.1. The molecule has 0 aliphatic rings. The van der Waals surface area contributed by atoms with Crippen LogP contribution in [0.3, 0.4) is 0 Å². The highest BCUT2D eigenvalue weighted by Gasteiger charge is 2.09. The molecule has 0 bridgehead atoms. The van der Waals surface area contributed by atoms with Gasteiger partial charge in [-0.25, -0.2) is 4.98 Å². The summed E-state index contributed by atoms with van der Waals surface area (Å²) < 4.78 is 7.14. The molecule has 29 heavy (non-hydrogen) atoms. The minimum absolute atomic E-state index is 0.177. The van der Waals surface area contributed by atoms with Crippen LogP contribution in [0.1, 0.15) is 30.9 Å². The predicted octanol–water partition coefficient (Wildman–Crippen LogP) is 3.83. The van der Waals surface area contributed by atoms with E-state index in [-0.39, 0.29) is 5.56 Å². The zero-order chi connectivity index (χ0) is 20.6. The van der Waals surface area contributed by atoms with E-state index in [1.165, 1.54) is 16.1 Å². The lowest BCUT2D eigenvalue weighted by atomic mass is 10.2. The Kier molecular flexibility index (Phi) is 6.79. The van der Waals surface area contributed by atoms with Gasteiger partial charge in [0.1, 0.15) is 11.6 Å². The van der Waals surface area contributed by atoms with E-state index in [9.17, 15) is 4.79 Å². The Bertz CT molecular complexity index is 1090. The van der Waals surface area contributed by atoms with E-state index in [1.54, 1.807) is 6.08 Å². The summed E-state index contributed by atoms with van der Waals surface area (Å²) in [5, 5.41) is 3.02. The lowest BCUT2D eigenvalue weighted by molar-refractivity contribution is 0.320. The Balaban J connectivity index is 1.66. The van der Waals surface area contributed by atoms with Gasteiger partial charge in [0, 0.05) is 18.9 Å². The highest BCUT2D eigenvalue weighted by Crippen LogP contribution is 2.13. The monoisotopic (exact) mass is 390 g/mol. The molecular weight excluding hydrogens is 364 g/mol. The number of benzene rings is 1. The lowest BCUT2D eigenvalue weighted by Gasteiger charge is -2.06. The molecule has 0 aliphatic carbocycles. The van der Waals surface area contributed by atoms with Crippen molar-refractivity contribution in [2.45, 2.75) is 33.1 Å². The number of nitrogens with zero attached hydrogens (tertiary/aromatic N) is 3. The molecule has 0 amide bonds. The lowest BCUT2D eigenvalue weighted by Crippen LogP contribution is -2.17. The molecule has 6 nitrogen and oxygen atoms in total. The summed E-state index contributed by atoms with van der Waals surface area (Å²) >= 11 is 0. The maximum Gasteiger partial charge on any atom is 0.274 e. The molecule has 0 fully saturated rings. The van der Waals surface area contributed by atoms with Crippen LogP contribution in [0.4, 0.5) is 0 Å².